The summed E-state index contributed by atoms with van der Waals surface area (Å²) in [5.41, 5.74) is 0.934. The standard InChI is InChI=1S/C14H19NO3/c1-11-10-18-8-7-15(11)14(16)9-12-5-3-4-6-13(12)17-2/h3-6,11H,7-10H2,1-2H3. The van der Waals surface area contributed by atoms with Gasteiger partial charge in [-0.1, -0.05) is 18.2 Å². The van der Waals surface area contributed by atoms with Crippen molar-refractivity contribution in [2.45, 2.75) is 19.4 Å². The van der Waals surface area contributed by atoms with Crippen molar-refractivity contribution in [2.24, 2.45) is 0 Å². The number of rotatable bonds is 3. The van der Waals surface area contributed by atoms with E-state index in [2.05, 4.69) is 0 Å². The number of benzene rings is 1. The molecule has 0 bridgehead atoms. The van der Waals surface area contributed by atoms with Crippen molar-refractivity contribution in [1.29, 1.82) is 0 Å². The maximum atomic E-state index is 12.3. The van der Waals surface area contributed by atoms with E-state index < -0.39 is 0 Å². The molecule has 1 heterocycles. The predicted octanol–water partition coefficient (Wildman–Crippen LogP) is 1.49. The van der Waals surface area contributed by atoms with Crippen LogP contribution >= 0.6 is 0 Å². The molecule has 1 aromatic rings. The highest BCUT2D eigenvalue weighted by Gasteiger charge is 2.24. The average Bonchev–Trinajstić information content (AvgIpc) is 2.39. The van der Waals surface area contributed by atoms with Crippen LogP contribution in [0.1, 0.15) is 12.5 Å². The van der Waals surface area contributed by atoms with Crippen LogP contribution in [-0.2, 0) is 16.0 Å². The number of hydrogen-bond acceptors (Lipinski definition) is 3. The monoisotopic (exact) mass is 249 g/mol. The van der Waals surface area contributed by atoms with Gasteiger partial charge in [0.15, 0.2) is 0 Å². The maximum Gasteiger partial charge on any atom is 0.227 e. The number of para-hydroxylation sites is 1. The Bertz CT molecular complexity index is 419. The van der Waals surface area contributed by atoms with E-state index in [1.165, 1.54) is 0 Å². The van der Waals surface area contributed by atoms with E-state index in [0.717, 1.165) is 11.3 Å². The minimum absolute atomic E-state index is 0.135. The summed E-state index contributed by atoms with van der Waals surface area (Å²) in [6, 6.07) is 7.80. The van der Waals surface area contributed by atoms with Gasteiger partial charge in [0.1, 0.15) is 5.75 Å². The lowest BCUT2D eigenvalue weighted by molar-refractivity contribution is -0.138. The van der Waals surface area contributed by atoms with E-state index >= 15 is 0 Å². The molecule has 0 saturated carbocycles. The van der Waals surface area contributed by atoms with Crippen molar-refractivity contribution >= 4 is 5.91 Å². The quantitative estimate of drug-likeness (QED) is 0.814. The summed E-state index contributed by atoms with van der Waals surface area (Å²) < 4.78 is 10.6. The molecule has 0 aromatic heterocycles. The Morgan fingerprint density at radius 3 is 3.00 bits per heavy atom. The second-order valence-corrected chi connectivity index (χ2v) is 4.50. The van der Waals surface area contributed by atoms with Crippen LogP contribution in [0.15, 0.2) is 24.3 Å². The molecule has 0 spiro atoms. The van der Waals surface area contributed by atoms with Gasteiger partial charge in [0, 0.05) is 12.1 Å². The topological polar surface area (TPSA) is 38.8 Å². The molecule has 0 N–H and O–H groups in total. The summed E-state index contributed by atoms with van der Waals surface area (Å²) in [6.07, 6.45) is 0.383. The van der Waals surface area contributed by atoms with Crippen LogP contribution in [-0.4, -0.2) is 43.7 Å². The molecule has 1 amide bonds. The minimum Gasteiger partial charge on any atom is -0.496 e. The molecule has 4 nitrogen and oxygen atoms in total. The van der Waals surface area contributed by atoms with E-state index in [-0.39, 0.29) is 11.9 Å². The molecular formula is C14H19NO3. The van der Waals surface area contributed by atoms with Crippen LogP contribution in [0, 0.1) is 0 Å². The van der Waals surface area contributed by atoms with Gasteiger partial charge in [0.05, 0.1) is 32.8 Å². The minimum atomic E-state index is 0.135. The zero-order chi connectivity index (χ0) is 13.0. The molecule has 4 heteroatoms. The van der Waals surface area contributed by atoms with E-state index in [1.54, 1.807) is 7.11 Å². The van der Waals surface area contributed by atoms with Crippen molar-refractivity contribution < 1.29 is 14.3 Å². The van der Waals surface area contributed by atoms with Crippen LogP contribution in [0.4, 0.5) is 0 Å². The summed E-state index contributed by atoms with van der Waals surface area (Å²) >= 11 is 0. The largest absolute Gasteiger partial charge is 0.496 e. The third-order valence-electron chi connectivity index (χ3n) is 3.22. The van der Waals surface area contributed by atoms with Crippen molar-refractivity contribution in [2.75, 3.05) is 26.9 Å². The van der Waals surface area contributed by atoms with Gasteiger partial charge in [0.2, 0.25) is 5.91 Å². The lowest BCUT2D eigenvalue weighted by Gasteiger charge is -2.33. The van der Waals surface area contributed by atoms with Crippen molar-refractivity contribution in [3.8, 4) is 5.75 Å². The lowest BCUT2D eigenvalue weighted by Crippen LogP contribution is -2.47. The maximum absolute atomic E-state index is 12.3. The van der Waals surface area contributed by atoms with E-state index in [0.29, 0.717) is 26.2 Å². The molecule has 1 unspecified atom stereocenters. The third-order valence-corrected chi connectivity index (χ3v) is 3.22. The number of morpholine rings is 1. The molecular weight excluding hydrogens is 230 g/mol. The van der Waals surface area contributed by atoms with Gasteiger partial charge in [-0.2, -0.15) is 0 Å². The van der Waals surface area contributed by atoms with Crippen LogP contribution in [0.25, 0.3) is 0 Å². The predicted molar refractivity (Wildman–Crippen MR) is 68.7 cm³/mol. The van der Waals surface area contributed by atoms with Crippen molar-refractivity contribution in [1.82, 2.24) is 4.90 Å². The first kappa shape index (κ1) is 12.9. The Morgan fingerprint density at radius 2 is 2.28 bits per heavy atom. The average molecular weight is 249 g/mol. The second-order valence-electron chi connectivity index (χ2n) is 4.50. The van der Waals surface area contributed by atoms with Gasteiger partial charge in [-0.15, -0.1) is 0 Å². The summed E-state index contributed by atoms with van der Waals surface area (Å²) in [6.45, 7) is 3.94. The second kappa shape index (κ2) is 5.87. The normalized spacial score (nSPS) is 19.7. The summed E-state index contributed by atoms with van der Waals surface area (Å²) in [5, 5.41) is 0. The Hall–Kier alpha value is -1.55. The number of carbonyl (C=O) groups is 1. The smallest absolute Gasteiger partial charge is 0.227 e. The fourth-order valence-electron chi connectivity index (χ4n) is 2.21. The first-order chi connectivity index (χ1) is 8.72. The van der Waals surface area contributed by atoms with Crippen LogP contribution < -0.4 is 4.74 Å². The van der Waals surface area contributed by atoms with Crippen LogP contribution in [0.3, 0.4) is 0 Å². The van der Waals surface area contributed by atoms with E-state index in [9.17, 15) is 4.79 Å². The molecule has 1 aromatic carbocycles. The Balaban J connectivity index is 2.06. The Labute approximate surface area is 107 Å². The highest BCUT2D eigenvalue weighted by atomic mass is 16.5. The van der Waals surface area contributed by atoms with Gasteiger partial charge in [0.25, 0.3) is 0 Å². The molecule has 1 atom stereocenters. The Kier molecular flexibility index (Phi) is 4.20. The first-order valence-corrected chi connectivity index (χ1v) is 6.21. The van der Waals surface area contributed by atoms with Gasteiger partial charge in [-0.3, -0.25) is 4.79 Å². The molecule has 18 heavy (non-hydrogen) atoms. The fourth-order valence-corrected chi connectivity index (χ4v) is 2.21. The number of ether oxygens (including phenoxy) is 2. The zero-order valence-corrected chi connectivity index (χ0v) is 10.9. The van der Waals surface area contributed by atoms with E-state index in [4.69, 9.17) is 9.47 Å². The van der Waals surface area contributed by atoms with Gasteiger partial charge in [-0.25, -0.2) is 0 Å². The zero-order valence-electron chi connectivity index (χ0n) is 10.9. The number of amides is 1. The molecule has 1 aliphatic rings. The molecule has 0 aliphatic carbocycles. The summed E-state index contributed by atoms with van der Waals surface area (Å²) in [4.78, 5) is 14.1. The van der Waals surface area contributed by atoms with E-state index in [1.807, 2.05) is 36.1 Å². The van der Waals surface area contributed by atoms with Crippen molar-refractivity contribution in [3.63, 3.8) is 0 Å². The first-order valence-electron chi connectivity index (χ1n) is 6.21. The van der Waals surface area contributed by atoms with Gasteiger partial charge < -0.3 is 14.4 Å². The number of hydrogen-bond donors (Lipinski definition) is 0. The van der Waals surface area contributed by atoms with Crippen molar-refractivity contribution in [3.05, 3.63) is 29.8 Å². The molecule has 1 fully saturated rings. The van der Waals surface area contributed by atoms with Gasteiger partial charge in [-0.05, 0) is 13.0 Å². The fraction of sp³-hybridized carbons (Fsp3) is 0.500. The third kappa shape index (κ3) is 2.82. The molecule has 0 radical (unpaired) electrons. The molecule has 1 saturated heterocycles. The summed E-state index contributed by atoms with van der Waals surface area (Å²) in [7, 11) is 1.63. The molecule has 1 aliphatic heterocycles. The number of carbonyl (C=O) groups excluding carboxylic acids is 1. The number of methoxy groups -OCH3 is 1. The number of nitrogens with zero attached hydrogens (tertiary/aromatic N) is 1. The highest BCUT2D eigenvalue weighted by molar-refractivity contribution is 5.80. The SMILES string of the molecule is COc1ccccc1CC(=O)N1CCOCC1C. The summed E-state index contributed by atoms with van der Waals surface area (Å²) in [5.74, 6) is 0.905. The van der Waals surface area contributed by atoms with Crippen LogP contribution in [0.2, 0.25) is 0 Å². The van der Waals surface area contributed by atoms with Crippen LogP contribution in [0.5, 0.6) is 5.75 Å². The lowest BCUT2D eigenvalue weighted by atomic mass is 10.1. The molecule has 98 valence electrons. The van der Waals surface area contributed by atoms with Gasteiger partial charge >= 0.3 is 0 Å². The highest BCUT2D eigenvalue weighted by Crippen LogP contribution is 2.19. The Morgan fingerprint density at radius 1 is 1.50 bits per heavy atom. The molecule has 2 rings (SSSR count).